The Labute approximate surface area is 117 Å². The van der Waals surface area contributed by atoms with Gasteiger partial charge in [-0.3, -0.25) is 4.79 Å². The number of hydrogen-bond donors (Lipinski definition) is 2. The van der Waals surface area contributed by atoms with Gasteiger partial charge in [-0.05, 0) is 23.8 Å². The zero-order chi connectivity index (χ0) is 16.0. The number of carboxylic acid groups (broad SMARTS) is 1. The van der Waals surface area contributed by atoms with E-state index >= 15 is 0 Å². The maximum absolute atomic E-state index is 12.9. The molecule has 114 valence electrons. The topological polar surface area (TPSA) is 89.6 Å². The fourth-order valence-corrected chi connectivity index (χ4v) is 1.43. The van der Waals surface area contributed by atoms with Crippen molar-refractivity contribution < 1.29 is 32.6 Å². The molecule has 0 unspecified atom stereocenters. The van der Waals surface area contributed by atoms with E-state index in [0.29, 0.717) is 0 Å². The summed E-state index contributed by atoms with van der Waals surface area (Å²) in [7, 11) is 0. The first-order chi connectivity index (χ1) is 9.70. The monoisotopic (exact) mass is 303 g/mol. The van der Waals surface area contributed by atoms with Gasteiger partial charge in [-0.1, -0.05) is 6.07 Å². The molecule has 5 nitrogen and oxygen atoms in total. The van der Waals surface area contributed by atoms with Gasteiger partial charge in [0, 0.05) is 6.08 Å². The van der Waals surface area contributed by atoms with Crippen molar-refractivity contribution in [3.05, 3.63) is 35.4 Å². The largest absolute Gasteiger partial charge is 0.492 e. The van der Waals surface area contributed by atoms with Crippen molar-refractivity contribution in [2.45, 2.75) is 12.6 Å². The summed E-state index contributed by atoms with van der Waals surface area (Å²) in [5, 5.41) is 8.45. The van der Waals surface area contributed by atoms with E-state index in [1.54, 1.807) is 0 Å². The number of primary amides is 1. The predicted molar refractivity (Wildman–Crippen MR) is 67.4 cm³/mol. The molecule has 0 aliphatic carbocycles. The number of hydrogen-bond acceptors (Lipinski definition) is 3. The Hall–Kier alpha value is -2.51. The van der Waals surface area contributed by atoms with Gasteiger partial charge in [-0.2, -0.15) is 13.2 Å². The molecule has 0 fully saturated rings. The lowest BCUT2D eigenvalue weighted by Gasteiger charge is -2.14. The summed E-state index contributed by atoms with van der Waals surface area (Å²) in [6, 6.07) is 3.10. The highest BCUT2D eigenvalue weighted by molar-refractivity contribution is 5.85. The molecule has 0 aliphatic rings. The van der Waals surface area contributed by atoms with Crippen LogP contribution in [0.4, 0.5) is 13.2 Å². The Bertz CT molecular complexity index is 567. The fraction of sp³-hybridized carbons (Fsp3) is 0.231. The molecule has 0 bridgehead atoms. The average molecular weight is 303 g/mol. The Morgan fingerprint density at radius 1 is 1.33 bits per heavy atom. The van der Waals surface area contributed by atoms with Crippen LogP contribution in [0.25, 0.3) is 6.08 Å². The number of ether oxygens (including phenoxy) is 1. The van der Waals surface area contributed by atoms with E-state index < -0.39 is 29.4 Å². The molecule has 0 saturated heterocycles. The van der Waals surface area contributed by atoms with Crippen molar-refractivity contribution in [3.63, 3.8) is 0 Å². The highest BCUT2D eigenvalue weighted by atomic mass is 19.4. The average Bonchev–Trinajstić information content (AvgIpc) is 2.35. The molecule has 8 heteroatoms. The third-order valence-corrected chi connectivity index (χ3v) is 2.33. The van der Waals surface area contributed by atoms with Crippen LogP contribution < -0.4 is 10.5 Å². The van der Waals surface area contributed by atoms with Crippen molar-refractivity contribution in [1.82, 2.24) is 0 Å². The minimum atomic E-state index is -4.67. The van der Waals surface area contributed by atoms with Crippen LogP contribution in [-0.2, 0) is 15.8 Å². The second-order valence-corrected chi connectivity index (χ2v) is 3.99. The summed E-state index contributed by atoms with van der Waals surface area (Å²) in [5.74, 6) is -2.41. The summed E-state index contributed by atoms with van der Waals surface area (Å²) in [6.45, 7) is -0.275. The molecule has 1 aromatic rings. The van der Waals surface area contributed by atoms with Crippen molar-refractivity contribution in [3.8, 4) is 5.75 Å². The minimum absolute atomic E-state index is 0.0620. The van der Waals surface area contributed by atoms with Gasteiger partial charge < -0.3 is 15.6 Å². The second-order valence-electron chi connectivity index (χ2n) is 3.99. The number of aliphatic carboxylic acids is 1. The van der Waals surface area contributed by atoms with Crippen molar-refractivity contribution in [1.29, 1.82) is 0 Å². The normalized spacial score (nSPS) is 11.6. The molecule has 1 amide bonds. The highest BCUT2D eigenvalue weighted by Crippen LogP contribution is 2.37. The van der Waals surface area contributed by atoms with Crippen LogP contribution >= 0.6 is 0 Å². The molecule has 3 N–H and O–H groups in total. The molecule has 0 spiro atoms. The molecule has 0 heterocycles. The SMILES string of the molecule is NC(=O)CCOc1ccc(C=CC(=O)O)cc1C(F)(F)F. The first kappa shape index (κ1) is 16.5. The number of amides is 1. The molecule has 0 radical (unpaired) electrons. The van der Waals surface area contributed by atoms with E-state index in [9.17, 15) is 22.8 Å². The number of alkyl halides is 3. The summed E-state index contributed by atoms with van der Waals surface area (Å²) in [5.41, 5.74) is 3.87. The Morgan fingerprint density at radius 2 is 2.00 bits per heavy atom. The molecule has 1 aromatic carbocycles. The Balaban J connectivity index is 3.02. The number of nitrogens with two attached hydrogens (primary N) is 1. The van der Waals surface area contributed by atoms with Crippen LogP contribution in [0.5, 0.6) is 5.75 Å². The van der Waals surface area contributed by atoms with Gasteiger partial charge in [0.15, 0.2) is 0 Å². The summed E-state index contributed by atoms with van der Waals surface area (Å²) >= 11 is 0. The van der Waals surface area contributed by atoms with E-state index in [4.69, 9.17) is 15.6 Å². The zero-order valence-electron chi connectivity index (χ0n) is 10.7. The summed E-state index contributed by atoms with van der Waals surface area (Å²) < 4.78 is 43.6. The number of carbonyl (C=O) groups is 2. The first-order valence-corrected chi connectivity index (χ1v) is 5.73. The van der Waals surface area contributed by atoms with Gasteiger partial charge in [0.05, 0.1) is 18.6 Å². The number of rotatable bonds is 6. The van der Waals surface area contributed by atoms with Crippen molar-refractivity contribution in [2.24, 2.45) is 5.73 Å². The highest BCUT2D eigenvalue weighted by Gasteiger charge is 2.34. The van der Waals surface area contributed by atoms with E-state index in [0.717, 1.165) is 24.3 Å². The lowest BCUT2D eigenvalue weighted by atomic mass is 10.1. The van der Waals surface area contributed by atoms with Crippen LogP contribution in [0, 0.1) is 0 Å². The lowest BCUT2D eigenvalue weighted by Crippen LogP contribution is -2.16. The van der Waals surface area contributed by atoms with Crippen LogP contribution in [-0.4, -0.2) is 23.6 Å². The Kier molecular flexibility index (Phi) is 5.34. The molecular formula is C13H12F3NO4. The number of carboxylic acids is 1. The maximum Gasteiger partial charge on any atom is 0.419 e. The zero-order valence-corrected chi connectivity index (χ0v) is 10.7. The van der Waals surface area contributed by atoms with E-state index in [1.165, 1.54) is 6.07 Å². The molecule has 1 rings (SSSR count). The fourth-order valence-electron chi connectivity index (χ4n) is 1.43. The third-order valence-electron chi connectivity index (χ3n) is 2.33. The van der Waals surface area contributed by atoms with E-state index in [1.807, 2.05) is 0 Å². The van der Waals surface area contributed by atoms with Crippen LogP contribution in [0.1, 0.15) is 17.5 Å². The number of benzene rings is 1. The van der Waals surface area contributed by atoms with Crippen LogP contribution in [0.2, 0.25) is 0 Å². The summed E-state index contributed by atoms with van der Waals surface area (Å²) in [4.78, 5) is 20.9. The predicted octanol–water partition coefficient (Wildman–Crippen LogP) is 2.06. The van der Waals surface area contributed by atoms with Gasteiger partial charge in [-0.15, -0.1) is 0 Å². The molecular weight excluding hydrogens is 291 g/mol. The van der Waals surface area contributed by atoms with Crippen LogP contribution in [0.3, 0.4) is 0 Å². The van der Waals surface area contributed by atoms with E-state index in [-0.39, 0.29) is 18.6 Å². The van der Waals surface area contributed by atoms with Gasteiger partial charge in [-0.25, -0.2) is 4.79 Å². The molecule has 0 aromatic heterocycles. The molecule has 0 aliphatic heterocycles. The standard InChI is InChI=1S/C13H12F3NO4/c14-13(15,16)9-7-8(2-4-12(19)20)1-3-10(9)21-6-5-11(17)18/h1-4,7H,5-6H2,(H2,17,18)(H,19,20). The molecule has 21 heavy (non-hydrogen) atoms. The van der Waals surface area contributed by atoms with Gasteiger partial charge in [0.2, 0.25) is 5.91 Å². The Morgan fingerprint density at radius 3 is 2.52 bits per heavy atom. The van der Waals surface area contributed by atoms with Crippen molar-refractivity contribution >= 4 is 18.0 Å². The maximum atomic E-state index is 12.9. The minimum Gasteiger partial charge on any atom is -0.492 e. The number of carbonyl (C=O) groups excluding carboxylic acids is 1. The lowest BCUT2D eigenvalue weighted by molar-refractivity contribution is -0.139. The van der Waals surface area contributed by atoms with Gasteiger partial charge in [0.1, 0.15) is 5.75 Å². The number of halogens is 3. The van der Waals surface area contributed by atoms with Crippen molar-refractivity contribution in [2.75, 3.05) is 6.61 Å². The second kappa shape index (κ2) is 6.78. The van der Waals surface area contributed by atoms with Gasteiger partial charge >= 0.3 is 12.1 Å². The van der Waals surface area contributed by atoms with E-state index in [2.05, 4.69) is 0 Å². The molecule has 0 saturated carbocycles. The molecule has 0 atom stereocenters. The third kappa shape index (κ3) is 5.55. The van der Waals surface area contributed by atoms with Gasteiger partial charge in [0.25, 0.3) is 0 Å². The van der Waals surface area contributed by atoms with Crippen LogP contribution in [0.15, 0.2) is 24.3 Å². The summed E-state index contributed by atoms with van der Waals surface area (Å²) in [6.07, 6.45) is -3.12. The smallest absolute Gasteiger partial charge is 0.419 e. The first-order valence-electron chi connectivity index (χ1n) is 5.73. The quantitative estimate of drug-likeness (QED) is 0.787.